The van der Waals surface area contributed by atoms with Crippen LogP contribution in [0.15, 0.2) is 4.99 Å². The summed E-state index contributed by atoms with van der Waals surface area (Å²) in [4.78, 5) is 9.81. The number of hydrogen-bond acceptors (Lipinski definition) is 3. The summed E-state index contributed by atoms with van der Waals surface area (Å²) in [5.41, 5.74) is 0. The molecule has 0 aromatic rings. The van der Waals surface area contributed by atoms with E-state index >= 15 is 0 Å². The third-order valence-corrected chi connectivity index (χ3v) is 4.77. The summed E-state index contributed by atoms with van der Waals surface area (Å²) in [6.45, 7) is 12.3. The third kappa shape index (κ3) is 6.13. The van der Waals surface area contributed by atoms with Crippen molar-refractivity contribution in [2.45, 2.75) is 45.6 Å². The molecule has 0 bridgehead atoms. The van der Waals surface area contributed by atoms with E-state index in [4.69, 9.17) is 4.99 Å². The Morgan fingerprint density at radius 1 is 1.18 bits per heavy atom. The lowest BCUT2D eigenvalue weighted by atomic mass is 10.1. The van der Waals surface area contributed by atoms with Crippen LogP contribution in [0.2, 0.25) is 0 Å². The molecular formula is C17H35N5. The molecule has 5 heteroatoms. The zero-order valence-corrected chi connectivity index (χ0v) is 14.8. The van der Waals surface area contributed by atoms with Gasteiger partial charge in [-0.05, 0) is 32.7 Å². The number of likely N-dealkylation sites (N-methyl/N-ethyl adjacent to an activating group) is 1. The fraction of sp³-hybridized carbons (Fsp3) is 0.941. The Labute approximate surface area is 136 Å². The topological polar surface area (TPSA) is 42.9 Å². The van der Waals surface area contributed by atoms with Crippen LogP contribution in [0.4, 0.5) is 0 Å². The van der Waals surface area contributed by atoms with Gasteiger partial charge >= 0.3 is 0 Å². The summed E-state index contributed by atoms with van der Waals surface area (Å²) in [5.74, 6) is 1.63. The summed E-state index contributed by atoms with van der Waals surface area (Å²) in [6, 6.07) is 0.630. The Balaban J connectivity index is 1.73. The summed E-state index contributed by atoms with van der Waals surface area (Å²) in [6.07, 6.45) is 5.30. The summed E-state index contributed by atoms with van der Waals surface area (Å²) < 4.78 is 0. The molecule has 2 rings (SSSR count). The lowest BCUT2D eigenvalue weighted by molar-refractivity contribution is 0.140. The second kappa shape index (κ2) is 9.36. The number of hydrogen-bond donors (Lipinski definition) is 2. The minimum absolute atomic E-state index is 0.613. The fourth-order valence-electron chi connectivity index (χ4n) is 3.36. The molecule has 2 aliphatic rings. The Morgan fingerprint density at radius 3 is 2.50 bits per heavy atom. The van der Waals surface area contributed by atoms with Crippen molar-refractivity contribution >= 4 is 5.96 Å². The van der Waals surface area contributed by atoms with Crippen molar-refractivity contribution < 1.29 is 0 Å². The predicted molar refractivity (Wildman–Crippen MR) is 94.5 cm³/mol. The van der Waals surface area contributed by atoms with E-state index in [1.807, 2.05) is 0 Å². The van der Waals surface area contributed by atoms with Crippen LogP contribution in [-0.2, 0) is 0 Å². The van der Waals surface area contributed by atoms with Gasteiger partial charge < -0.3 is 20.4 Å². The molecule has 128 valence electrons. The Bertz CT molecular complexity index is 330. The van der Waals surface area contributed by atoms with Gasteiger partial charge in [0, 0.05) is 51.9 Å². The first-order valence-corrected chi connectivity index (χ1v) is 9.13. The molecule has 0 aromatic heterocycles. The summed E-state index contributed by atoms with van der Waals surface area (Å²) in [5, 5.41) is 6.99. The van der Waals surface area contributed by atoms with Gasteiger partial charge in [-0.15, -0.1) is 0 Å². The van der Waals surface area contributed by atoms with Gasteiger partial charge in [-0.2, -0.15) is 0 Å². The molecule has 0 spiro atoms. The Kier molecular flexibility index (Phi) is 7.46. The van der Waals surface area contributed by atoms with E-state index in [0.29, 0.717) is 12.0 Å². The molecule has 0 aromatic carbocycles. The monoisotopic (exact) mass is 309 g/mol. The third-order valence-electron chi connectivity index (χ3n) is 4.77. The molecule has 1 atom stereocenters. The standard InChI is InChI=1S/C17H35N5/c1-4-18-17(20-16-7-5-6-8-16)19-13-15(2)14-22-11-9-21(3)10-12-22/h15-16H,4-14H2,1-3H3,(H2,18,19,20). The highest BCUT2D eigenvalue weighted by molar-refractivity contribution is 5.80. The van der Waals surface area contributed by atoms with Crippen molar-refractivity contribution in [3.8, 4) is 0 Å². The second-order valence-corrected chi connectivity index (χ2v) is 7.05. The van der Waals surface area contributed by atoms with E-state index in [1.165, 1.54) is 58.4 Å². The van der Waals surface area contributed by atoms with E-state index in [9.17, 15) is 0 Å². The molecule has 2 N–H and O–H groups in total. The second-order valence-electron chi connectivity index (χ2n) is 7.05. The van der Waals surface area contributed by atoms with Crippen LogP contribution < -0.4 is 10.6 Å². The average Bonchev–Trinajstić information content (AvgIpc) is 3.00. The van der Waals surface area contributed by atoms with E-state index in [1.54, 1.807) is 0 Å². The van der Waals surface area contributed by atoms with E-state index in [0.717, 1.165) is 19.0 Å². The maximum atomic E-state index is 4.81. The minimum Gasteiger partial charge on any atom is -0.357 e. The first-order valence-electron chi connectivity index (χ1n) is 9.13. The molecule has 5 nitrogen and oxygen atoms in total. The van der Waals surface area contributed by atoms with E-state index < -0.39 is 0 Å². The van der Waals surface area contributed by atoms with Crippen molar-refractivity contribution in [2.24, 2.45) is 10.9 Å². The number of piperazine rings is 1. The molecule has 22 heavy (non-hydrogen) atoms. The molecule has 1 saturated carbocycles. The van der Waals surface area contributed by atoms with Crippen molar-refractivity contribution in [1.82, 2.24) is 20.4 Å². The first-order chi connectivity index (χ1) is 10.7. The van der Waals surface area contributed by atoms with Crippen LogP contribution in [0, 0.1) is 5.92 Å². The van der Waals surface area contributed by atoms with Gasteiger partial charge in [0.15, 0.2) is 5.96 Å². The van der Waals surface area contributed by atoms with Gasteiger partial charge in [0.1, 0.15) is 0 Å². The molecule has 1 aliphatic heterocycles. The molecular weight excluding hydrogens is 274 g/mol. The van der Waals surface area contributed by atoms with Crippen LogP contribution in [0.5, 0.6) is 0 Å². The summed E-state index contributed by atoms with van der Waals surface area (Å²) >= 11 is 0. The van der Waals surface area contributed by atoms with Gasteiger partial charge in [-0.1, -0.05) is 19.8 Å². The minimum atomic E-state index is 0.613. The van der Waals surface area contributed by atoms with Gasteiger partial charge in [0.05, 0.1) is 0 Å². The number of nitrogens with one attached hydrogen (secondary N) is 2. The lowest BCUT2D eigenvalue weighted by Crippen LogP contribution is -2.46. The normalized spacial score (nSPS) is 23.7. The first kappa shape index (κ1) is 17.5. The van der Waals surface area contributed by atoms with Crippen LogP contribution in [0.1, 0.15) is 39.5 Å². The van der Waals surface area contributed by atoms with Gasteiger partial charge in [-0.25, -0.2) is 0 Å². The largest absolute Gasteiger partial charge is 0.357 e. The van der Waals surface area contributed by atoms with Crippen molar-refractivity contribution in [3.05, 3.63) is 0 Å². The highest BCUT2D eigenvalue weighted by atomic mass is 15.2. The molecule has 0 radical (unpaired) electrons. The highest BCUT2D eigenvalue weighted by Crippen LogP contribution is 2.17. The van der Waals surface area contributed by atoms with Crippen molar-refractivity contribution in [1.29, 1.82) is 0 Å². The van der Waals surface area contributed by atoms with Crippen molar-refractivity contribution in [2.75, 3.05) is 52.9 Å². The zero-order valence-electron chi connectivity index (χ0n) is 14.8. The SMILES string of the molecule is CCNC(=NCC(C)CN1CCN(C)CC1)NC1CCCC1. The van der Waals surface area contributed by atoms with Gasteiger partial charge in [0.25, 0.3) is 0 Å². The predicted octanol–water partition coefficient (Wildman–Crippen LogP) is 1.37. The van der Waals surface area contributed by atoms with E-state index in [2.05, 4.69) is 41.3 Å². The molecule has 1 heterocycles. The average molecular weight is 310 g/mol. The fourth-order valence-corrected chi connectivity index (χ4v) is 3.36. The lowest BCUT2D eigenvalue weighted by Gasteiger charge is -2.33. The molecule has 1 saturated heterocycles. The van der Waals surface area contributed by atoms with Crippen molar-refractivity contribution in [3.63, 3.8) is 0 Å². The van der Waals surface area contributed by atoms with Gasteiger partial charge in [0.2, 0.25) is 0 Å². The number of guanidine groups is 1. The highest BCUT2D eigenvalue weighted by Gasteiger charge is 2.17. The Hall–Kier alpha value is -0.810. The smallest absolute Gasteiger partial charge is 0.191 e. The molecule has 2 fully saturated rings. The number of aliphatic imine (C=N–C) groups is 1. The number of rotatable bonds is 6. The van der Waals surface area contributed by atoms with E-state index in [-0.39, 0.29) is 0 Å². The zero-order chi connectivity index (χ0) is 15.8. The van der Waals surface area contributed by atoms with Crippen LogP contribution >= 0.6 is 0 Å². The number of nitrogens with zero attached hydrogens (tertiary/aromatic N) is 3. The maximum absolute atomic E-state index is 4.81. The van der Waals surface area contributed by atoms with Gasteiger partial charge in [-0.3, -0.25) is 4.99 Å². The molecule has 0 amide bonds. The van der Waals surface area contributed by atoms with Crippen LogP contribution in [0.25, 0.3) is 0 Å². The quantitative estimate of drug-likeness (QED) is 0.574. The van der Waals surface area contributed by atoms with Crippen LogP contribution in [0.3, 0.4) is 0 Å². The van der Waals surface area contributed by atoms with Crippen LogP contribution in [-0.4, -0.2) is 74.7 Å². The maximum Gasteiger partial charge on any atom is 0.191 e. The molecule has 1 unspecified atom stereocenters. The Morgan fingerprint density at radius 2 is 1.86 bits per heavy atom. The molecule has 1 aliphatic carbocycles. The summed E-state index contributed by atoms with van der Waals surface area (Å²) in [7, 11) is 2.21.